The van der Waals surface area contributed by atoms with Crippen molar-refractivity contribution in [2.45, 2.75) is 6.18 Å². The number of carbonyl (C=O) groups is 1. The Labute approximate surface area is 93.1 Å². The molecule has 0 aromatic carbocycles. The predicted molar refractivity (Wildman–Crippen MR) is 50.1 cm³/mol. The Kier molecular flexibility index (Phi) is 2.66. The Bertz CT molecular complexity index is 534. The lowest BCUT2D eigenvalue weighted by Gasteiger charge is -1.99. The Morgan fingerprint density at radius 1 is 1.29 bits per heavy atom. The fraction of sp³-hybridized carbons (Fsp3) is 0.100. The van der Waals surface area contributed by atoms with E-state index in [1.54, 1.807) is 12.1 Å². The molecule has 17 heavy (non-hydrogen) atoms. The van der Waals surface area contributed by atoms with Crippen LogP contribution in [0.15, 0.2) is 28.8 Å². The molecule has 0 saturated heterocycles. The van der Waals surface area contributed by atoms with Crippen molar-refractivity contribution < 1.29 is 22.4 Å². The molecule has 0 N–H and O–H groups in total. The molecule has 0 fully saturated rings. The second-order valence-corrected chi connectivity index (χ2v) is 3.06. The molecule has 4 nitrogen and oxygen atoms in total. The Morgan fingerprint density at radius 2 is 2.06 bits per heavy atom. The molecule has 7 heteroatoms. The van der Waals surface area contributed by atoms with E-state index in [9.17, 15) is 18.0 Å². The van der Waals surface area contributed by atoms with Crippen LogP contribution in [-0.2, 0) is 6.18 Å². The SMILES string of the molecule is O=Cc1oc(-c2ccccn2)nc1C(F)(F)F. The number of oxazole rings is 1. The third-order valence-electron chi connectivity index (χ3n) is 1.91. The molecule has 0 spiro atoms. The summed E-state index contributed by atoms with van der Waals surface area (Å²) >= 11 is 0. The molecular formula is C10H5F3N2O2. The van der Waals surface area contributed by atoms with Gasteiger partial charge in [-0.15, -0.1) is 0 Å². The van der Waals surface area contributed by atoms with Gasteiger partial charge in [-0.1, -0.05) is 6.07 Å². The van der Waals surface area contributed by atoms with E-state index in [1.807, 2.05) is 0 Å². The fourth-order valence-corrected chi connectivity index (χ4v) is 1.21. The van der Waals surface area contributed by atoms with E-state index in [4.69, 9.17) is 4.42 Å². The first-order chi connectivity index (χ1) is 8.02. The van der Waals surface area contributed by atoms with Crippen LogP contribution in [0.1, 0.15) is 16.2 Å². The normalized spacial score (nSPS) is 11.5. The third kappa shape index (κ3) is 2.17. The van der Waals surface area contributed by atoms with Gasteiger partial charge in [0, 0.05) is 6.20 Å². The van der Waals surface area contributed by atoms with Crippen molar-refractivity contribution in [1.29, 1.82) is 0 Å². The van der Waals surface area contributed by atoms with Gasteiger partial charge in [-0.2, -0.15) is 13.2 Å². The summed E-state index contributed by atoms with van der Waals surface area (Å²) in [6.07, 6.45) is -3.37. The summed E-state index contributed by atoms with van der Waals surface area (Å²) in [5.74, 6) is -1.18. The molecule has 0 saturated carbocycles. The number of halogens is 3. The van der Waals surface area contributed by atoms with Gasteiger partial charge in [-0.05, 0) is 12.1 Å². The topological polar surface area (TPSA) is 56.0 Å². The fourth-order valence-electron chi connectivity index (χ4n) is 1.21. The van der Waals surface area contributed by atoms with Crippen LogP contribution in [0, 0.1) is 0 Å². The van der Waals surface area contributed by atoms with Crippen LogP contribution in [0.3, 0.4) is 0 Å². The van der Waals surface area contributed by atoms with Crippen LogP contribution in [0.4, 0.5) is 13.2 Å². The summed E-state index contributed by atoms with van der Waals surface area (Å²) in [6.45, 7) is 0. The average molecular weight is 242 g/mol. The first-order valence-corrected chi connectivity index (χ1v) is 4.47. The molecule has 0 amide bonds. The number of aromatic nitrogens is 2. The van der Waals surface area contributed by atoms with Crippen molar-refractivity contribution in [3.05, 3.63) is 35.9 Å². The Hall–Kier alpha value is -2.18. The van der Waals surface area contributed by atoms with E-state index >= 15 is 0 Å². The number of carbonyl (C=O) groups excluding carboxylic acids is 1. The van der Waals surface area contributed by atoms with Gasteiger partial charge < -0.3 is 4.42 Å². The second kappa shape index (κ2) is 4.00. The summed E-state index contributed by atoms with van der Waals surface area (Å²) in [5, 5.41) is 0. The Balaban J connectivity index is 2.53. The number of hydrogen-bond acceptors (Lipinski definition) is 4. The second-order valence-electron chi connectivity index (χ2n) is 3.06. The summed E-state index contributed by atoms with van der Waals surface area (Å²) in [6, 6.07) is 4.60. The summed E-state index contributed by atoms with van der Waals surface area (Å²) < 4.78 is 42.1. The highest BCUT2D eigenvalue weighted by molar-refractivity contribution is 5.73. The highest BCUT2D eigenvalue weighted by atomic mass is 19.4. The smallest absolute Gasteiger partial charge is 0.431 e. The summed E-state index contributed by atoms with van der Waals surface area (Å²) in [5.41, 5.74) is -1.21. The van der Waals surface area contributed by atoms with Crippen LogP contribution < -0.4 is 0 Å². The molecule has 0 radical (unpaired) electrons. The Morgan fingerprint density at radius 3 is 2.53 bits per heavy atom. The van der Waals surface area contributed by atoms with Crippen LogP contribution in [0.25, 0.3) is 11.6 Å². The van der Waals surface area contributed by atoms with Gasteiger partial charge in [-0.25, -0.2) is 4.98 Å². The lowest BCUT2D eigenvalue weighted by Crippen LogP contribution is -2.08. The van der Waals surface area contributed by atoms with Gasteiger partial charge in [0.25, 0.3) is 0 Å². The monoisotopic (exact) mass is 242 g/mol. The van der Waals surface area contributed by atoms with Gasteiger partial charge in [-0.3, -0.25) is 9.78 Å². The lowest BCUT2D eigenvalue weighted by atomic mass is 10.3. The molecule has 0 aliphatic carbocycles. The van der Waals surface area contributed by atoms with Crippen molar-refractivity contribution in [2.75, 3.05) is 0 Å². The van der Waals surface area contributed by atoms with E-state index in [0.717, 1.165) is 0 Å². The summed E-state index contributed by atoms with van der Waals surface area (Å²) in [4.78, 5) is 17.5. The molecule has 0 atom stereocenters. The minimum atomic E-state index is -4.73. The first-order valence-electron chi connectivity index (χ1n) is 4.47. The maximum atomic E-state index is 12.5. The molecular weight excluding hydrogens is 237 g/mol. The van der Waals surface area contributed by atoms with E-state index < -0.39 is 17.6 Å². The number of rotatable bonds is 2. The van der Waals surface area contributed by atoms with Gasteiger partial charge >= 0.3 is 6.18 Å². The number of hydrogen-bond donors (Lipinski definition) is 0. The highest BCUT2D eigenvalue weighted by Gasteiger charge is 2.39. The maximum Gasteiger partial charge on any atom is 0.437 e. The van der Waals surface area contributed by atoms with E-state index in [0.29, 0.717) is 0 Å². The minimum Gasteiger partial charge on any atom is -0.431 e. The quantitative estimate of drug-likeness (QED) is 0.759. The van der Waals surface area contributed by atoms with Crippen molar-refractivity contribution in [3.63, 3.8) is 0 Å². The molecule has 0 aliphatic heterocycles. The van der Waals surface area contributed by atoms with Crippen LogP contribution in [0.5, 0.6) is 0 Å². The molecule has 0 bridgehead atoms. The van der Waals surface area contributed by atoms with Crippen LogP contribution in [0.2, 0.25) is 0 Å². The lowest BCUT2D eigenvalue weighted by molar-refractivity contribution is -0.141. The summed E-state index contributed by atoms with van der Waals surface area (Å²) in [7, 11) is 0. The molecule has 2 aromatic heterocycles. The highest BCUT2D eigenvalue weighted by Crippen LogP contribution is 2.33. The standard InChI is InChI=1S/C10H5F3N2O2/c11-10(12,13)8-7(5-16)17-9(15-8)6-3-1-2-4-14-6/h1-5H. The van der Waals surface area contributed by atoms with E-state index in [2.05, 4.69) is 9.97 Å². The average Bonchev–Trinajstić information content (AvgIpc) is 2.74. The van der Waals surface area contributed by atoms with Gasteiger partial charge in [0.1, 0.15) is 5.69 Å². The molecule has 2 aromatic rings. The van der Waals surface area contributed by atoms with Crippen molar-refractivity contribution in [1.82, 2.24) is 9.97 Å². The van der Waals surface area contributed by atoms with Crippen molar-refractivity contribution in [3.8, 4) is 11.6 Å². The molecule has 0 aliphatic rings. The molecule has 88 valence electrons. The largest absolute Gasteiger partial charge is 0.437 e. The van der Waals surface area contributed by atoms with Crippen LogP contribution >= 0.6 is 0 Å². The maximum absolute atomic E-state index is 12.5. The zero-order valence-electron chi connectivity index (χ0n) is 8.23. The number of pyridine rings is 1. The zero-order valence-corrected chi connectivity index (χ0v) is 8.23. The van der Waals surface area contributed by atoms with E-state index in [1.165, 1.54) is 12.3 Å². The number of nitrogens with zero attached hydrogens (tertiary/aromatic N) is 2. The van der Waals surface area contributed by atoms with Crippen LogP contribution in [-0.4, -0.2) is 16.3 Å². The molecule has 2 heterocycles. The molecule has 0 unspecified atom stereocenters. The molecule has 2 rings (SSSR count). The third-order valence-corrected chi connectivity index (χ3v) is 1.91. The minimum absolute atomic E-state index is 0.0255. The van der Waals surface area contributed by atoms with E-state index in [-0.39, 0.29) is 17.9 Å². The zero-order chi connectivity index (χ0) is 12.5. The van der Waals surface area contributed by atoms with Gasteiger partial charge in [0.15, 0.2) is 17.7 Å². The van der Waals surface area contributed by atoms with Gasteiger partial charge in [0.2, 0.25) is 5.89 Å². The number of alkyl halides is 3. The number of aldehydes is 1. The predicted octanol–water partition coefficient (Wildman–Crippen LogP) is 2.57. The first kappa shape index (κ1) is 11.3. The van der Waals surface area contributed by atoms with Crippen molar-refractivity contribution in [2.24, 2.45) is 0 Å². The van der Waals surface area contributed by atoms with Crippen molar-refractivity contribution >= 4 is 6.29 Å². The van der Waals surface area contributed by atoms with Gasteiger partial charge in [0.05, 0.1) is 0 Å².